The third-order valence-electron chi connectivity index (χ3n) is 4.38. The van der Waals surface area contributed by atoms with Crippen molar-refractivity contribution >= 4 is 46.4 Å². The normalized spacial score (nSPS) is 11.1. The first-order valence-corrected chi connectivity index (χ1v) is 9.87. The summed E-state index contributed by atoms with van der Waals surface area (Å²) in [5.74, 6) is -0.613. The number of nitrogens with one attached hydrogen (secondary N) is 2. The summed E-state index contributed by atoms with van der Waals surface area (Å²) in [6, 6.07) is 19.0. The monoisotopic (exact) mass is 439 g/mol. The third kappa shape index (κ3) is 5.47. The van der Waals surface area contributed by atoms with Gasteiger partial charge in [0.05, 0.1) is 16.3 Å². The van der Waals surface area contributed by atoms with Crippen molar-refractivity contribution in [1.82, 2.24) is 5.43 Å². The SMILES string of the molecule is CC(=NNC(=O)c1ccc(C)cc1)c1ccc(NC(=O)c2ccc(Cl)cc2Cl)cc1. The van der Waals surface area contributed by atoms with E-state index in [0.717, 1.165) is 11.1 Å². The molecule has 0 fully saturated rings. The predicted molar refractivity (Wildman–Crippen MR) is 122 cm³/mol. The van der Waals surface area contributed by atoms with Crippen molar-refractivity contribution in [2.75, 3.05) is 5.32 Å². The molecule has 5 nitrogen and oxygen atoms in total. The number of halogens is 2. The molecule has 0 unspecified atom stereocenters. The van der Waals surface area contributed by atoms with E-state index in [1.165, 1.54) is 6.07 Å². The molecule has 3 aromatic carbocycles. The zero-order chi connectivity index (χ0) is 21.7. The highest BCUT2D eigenvalue weighted by atomic mass is 35.5. The Hall–Kier alpha value is -3.15. The quantitative estimate of drug-likeness (QED) is 0.394. The molecule has 152 valence electrons. The molecule has 0 saturated carbocycles. The Kier molecular flexibility index (Phi) is 6.87. The lowest BCUT2D eigenvalue weighted by atomic mass is 10.1. The van der Waals surface area contributed by atoms with E-state index in [1.54, 1.807) is 55.5 Å². The van der Waals surface area contributed by atoms with Crippen LogP contribution in [0, 0.1) is 6.92 Å². The predicted octanol–water partition coefficient (Wildman–Crippen LogP) is 5.71. The van der Waals surface area contributed by atoms with Crippen molar-refractivity contribution in [3.8, 4) is 0 Å². The van der Waals surface area contributed by atoms with E-state index < -0.39 is 0 Å². The lowest BCUT2D eigenvalue weighted by molar-refractivity contribution is 0.0954. The molecule has 0 spiro atoms. The summed E-state index contributed by atoms with van der Waals surface area (Å²) >= 11 is 11.9. The van der Waals surface area contributed by atoms with Crippen LogP contribution in [-0.4, -0.2) is 17.5 Å². The van der Waals surface area contributed by atoms with Gasteiger partial charge in [-0.2, -0.15) is 5.10 Å². The van der Waals surface area contributed by atoms with Crippen LogP contribution in [-0.2, 0) is 0 Å². The Bertz CT molecular complexity index is 1110. The van der Waals surface area contributed by atoms with E-state index in [-0.39, 0.29) is 16.8 Å². The molecule has 2 amide bonds. The number of carbonyl (C=O) groups excluding carboxylic acids is 2. The number of hydrazone groups is 1. The Labute approximate surface area is 184 Å². The van der Waals surface area contributed by atoms with E-state index in [1.807, 2.05) is 19.1 Å². The maximum Gasteiger partial charge on any atom is 0.271 e. The van der Waals surface area contributed by atoms with Crippen LogP contribution in [0.5, 0.6) is 0 Å². The van der Waals surface area contributed by atoms with Crippen molar-refractivity contribution in [1.29, 1.82) is 0 Å². The summed E-state index contributed by atoms with van der Waals surface area (Å²) in [6.07, 6.45) is 0. The number of nitrogens with zero attached hydrogens (tertiary/aromatic N) is 1. The van der Waals surface area contributed by atoms with Gasteiger partial charge >= 0.3 is 0 Å². The molecule has 0 radical (unpaired) electrons. The van der Waals surface area contributed by atoms with E-state index >= 15 is 0 Å². The fourth-order valence-corrected chi connectivity index (χ4v) is 3.13. The van der Waals surface area contributed by atoms with Crippen molar-refractivity contribution < 1.29 is 9.59 Å². The maximum absolute atomic E-state index is 12.4. The first kappa shape index (κ1) is 21.6. The van der Waals surface area contributed by atoms with Crippen LogP contribution in [0.2, 0.25) is 10.0 Å². The summed E-state index contributed by atoms with van der Waals surface area (Å²) in [6.45, 7) is 3.75. The number of amides is 2. The second-order valence-corrected chi connectivity index (χ2v) is 7.50. The fraction of sp³-hybridized carbons (Fsp3) is 0.0870. The van der Waals surface area contributed by atoms with Crippen LogP contribution < -0.4 is 10.7 Å². The molecule has 3 aromatic rings. The van der Waals surface area contributed by atoms with Gasteiger partial charge in [-0.3, -0.25) is 9.59 Å². The Balaban J connectivity index is 1.64. The van der Waals surface area contributed by atoms with E-state index in [4.69, 9.17) is 23.2 Å². The van der Waals surface area contributed by atoms with Gasteiger partial charge in [-0.15, -0.1) is 0 Å². The van der Waals surface area contributed by atoms with Gasteiger partial charge < -0.3 is 5.32 Å². The van der Waals surface area contributed by atoms with Gasteiger partial charge in [0.15, 0.2) is 0 Å². The standard InChI is InChI=1S/C23H19Cl2N3O2/c1-14-3-5-17(6-4-14)22(29)28-27-15(2)16-7-10-19(11-8-16)26-23(30)20-12-9-18(24)13-21(20)25/h3-13H,1-2H3,(H,26,30)(H,28,29). The molecule has 0 aromatic heterocycles. The van der Waals surface area contributed by atoms with Gasteiger partial charge in [0.2, 0.25) is 0 Å². The molecular weight excluding hydrogens is 421 g/mol. The summed E-state index contributed by atoms with van der Waals surface area (Å²) < 4.78 is 0. The maximum atomic E-state index is 12.4. The minimum Gasteiger partial charge on any atom is -0.322 e. The number of anilines is 1. The topological polar surface area (TPSA) is 70.6 Å². The molecule has 7 heteroatoms. The van der Waals surface area contributed by atoms with Crippen molar-refractivity contribution in [3.63, 3.8) is 0 Å². The molecule has 0 bridgehead atoms. The Morgan fingerprint density at radius 2 is 1.47 bits per heavy atom. The molecule has 0 atom stereocenters. The van der Waals surface area contributed by atoms with E-state index in [9.17, 15) is 9.59 Å². The minimum atomic E-state index is -0.333. The lowest BCUT2D eigenvalue weighted by Crippen LogP contribution is -2.19. The van der Waals surface area contributed by atoms with E-state index in [2.05, 4.69) is 15.8 Å². The first-order valence-electron chi connectivity index (χ1n) is 9.11. The molecular formula is C23H19Cl2N3O2. The van der Waals surface area contributed by atoms with Crippen LogP contribution in [0.4, 0.5) is 5.69 Å². The average molecular weight is 440 g/mol. The highest BCUT2D eigenvalue weighted by Crippen LogP contribution is 2.22. The van der Waals surface area contributed by atoms with Gasteiger partial charge in [0.1, 0.15) is 0 Å². The molecule has 3 rings (SSSR count). The van der Waals surface area contributed by atoms with Crippen molar-refractivity contribution in [2.45, 2.75) is 13.8 Å². The largest absolute Gasteiger partial charge is 0.322 e. The summed E-state index contributed by atoms with van der Waals surface area (Å²) in [5.41, 5.74) is 6.55. The van der Waals surface area contributed by atoms with Crippen molar-refractivity contribution in [3.05, 3.63) is 99.0 Å². The van der Waals surface area contributed by atoms with Crippen LogP contribution in [0.3, 0.4) is 0 Å². The highest BCUT2D eigenvalue weighted by Gasteiger charge is 2.11. The lowest BCUT2D eigenvalue weighted by Gasteiger charge is -2.08. The Morgan fingerprint density at radius 1 is 0.833 bits per heavy atom. The summed E-state index contributed by atoms with van der Waals surface area (Å²) in [5, 5.41) is 7.68. The molecule has 30 heavy (non-hydrogen) atoms. The zero-order valence-corrected chi connectivity index (χ0v) is 17.9. The number of hydrogen-bond donors (Lipinski definition) is 2. The average Bonchev–Trinajstić information content (AvgIpc) is 2.72. The number of carbonyl (C=O) groups is 2. The Morgan fingerprint density at radius 3 is 2.10 bits per heavy atom. The van der Waals surface area contributed by atoms with Crippen molar-refractivity contribution in [2.24, 2.45) is 5.10 Å². The van der Waals surface area contributed by atoms with E-state index in [0.29, 0.717) is 27.5 Å². The number of rotatable bonds is 5. The first-order chi connectivity index (χ1) is 14.3. The summed E-state index contributed by atoms with van der Waals surface area (Å²) in [4.78, 5) is 24.6. The zero-order valence-electron chi connectivity index (χ0n) is 16.4. The van der Waals surface area contributed by atoms with Crippen LogP contribution >= 0.6 is 23.2 Å². The van der Waals surface area contributed by atoms with Gasteiger partial charge in [0, 0.05) is 16.3 Å². The van der Waals surface area contributed by atoms with Gasteiger partial charge in [-0.25, -0.2) is 5.43 Å². The van der Waals surface area contributed by atoms with Gasteiger partial charge in [-0.1, -0.05) is 53.0 Å². The minimum absolute atomic E-state index is 0.280. The summed E-state index contributed by atoms with van der Waals surface area (Å²) in [7, 11) is 0. The second-order valence-electron chi connectivity index (χ2n) is 6.66. The van der Waals surface area contributed by atoms with Crippen LogP contribution in [0.25, 0.3) is 0 Å². The molecule has 0 heterocycles. The molecule has 0 aliphatic heterocycles. The molecule has 0 aliphatic carbocycles. The number of benzene rings is 3. The van der Waals surface area contributed by atoms with Crippen LogP contribution in [0.15, 0.2) is 71.8 Å². The van der Waals surface area contributed by atoms with Gasteiger partial charge in [0.25, 0.3) is 11.8 Å². The molecule has 2 N–H and O–H groups in total. The fourth-order valence-electron chi connectivity index (χ4n) is 2.64. The molecule has 0 saturated heterocycles. The number of aryl methyl sites for hydroxylation is 1. The third-order valence-corrected chi connectivity index (χ3v) is 4.92. The van der Waals surface area contributed by atoms with Crippen LogP contribution in [0.1, 0.15) is 38.8 Å². The second kappa shape index (κ2) is 9.57. The smallest absolute Gasteiger partial charge is 0.271 e. The molecule has 0 aliphatic rings. The van der Waals surface area contributed by atoms with Gasteiger partial charge in [-0.05, 0) is 61.9 Å². The number of hydrogen-bond acceptors (Lipinski definition) is 3. The highest BCUT2D eigenvalue weighted by molar-refractivity contribution is 6.37.